The first-order valence-corrected chi connectivity index (χ1v) is 15.1. The Morgan fingerprint density at radius 1 is 0.326 bits per heavy atom. The van der Waals surface area contributed by atoms with Gasteiger partial charge in [0.15, 0.2) is 23.1 Å². The zero-order valence-electron chi connectivity index (χ0n) is 24.5. The number of furan rings is 1. The summed E-state index contributed by atoms with van der Waals surface area (Å²) in [6.45, 7) is 0. The summed E-state index contributed by atoms with van der Waals surface area (Å²) in [6, 6.07) is 48.5. The van der Waals surface area contributed by atoms with Crippen molar-refractivity contribution in [3.05, 3.63) is 146 Å². The predicted molar refractivity (Wildman–Crippen MR) is 182 cm³/mol. The van der Waals surface area contributed by atoms with Crippen LogP contribution in [-0.2, 0) is 0 Å². The zero-order valence-corrected chi connectivity index (χ0v) is 24.5. The standard InChI is InChI=1S/C40H24N4O2/c1-4-10-25(11-5-1)37-42-38(26-12-6-2-7-13-26)44-39(43-37)30-16-19-31-32-22-28(18-21-34(32)45-35(31)24-30)29-17-20-33-36(23-29)46-40(41-33)27-14-8-3-9-15-27/h1-24H. The second-order valence-electron chi connectivity index (χ2n) is 11.1. The van der Waals surface area contributed by atoms with Crippen LogP contribution >= 0.6 is 0 Å². The lowest BCUT2D eigenvalue weighted by molar-refractivity contribution is 0.620. The molecule has 0 fully saturated rings. The molecule has 9 rings (SSSR count). The number of benzene rings is 6. The van der Waals surface area contributed by atoms with Crippen LogP contribution in [0, 0.1) is 0 Å². The Kier molecular flexibility index (Phi) is 6.03. The van der Waals surface area contributed by atoms with Crippen LogP contribution in [0.3, 0.4) is 0 Å². The van der Waals surface area contributed by atoms with Gasteiger partial charge in [-0.05, 0) is 59.7 Å². The van der Waals surface area contributed by atoms with E-state index in [0.717, 1.165) is 66.4 Å². The molecule has 0 unspecified atom stereocenters. The SMILES string of the molecule is c1ccc(-c2nc(-c3ccccc3)nc(-c3ccc4c(c3)oc3ccc(-c5ccc6nc(-c7ccccc7)oc6c5)cc34)n2)cc1. The van der Waals surface area contributed by atoms with Crippen LogP contribution in [0.2, 0.25) is 0 Å². The first-order valence-electron chi connectivity index (χ1n) is 15.1. The summed E-state index contributed by atoms with van der Waals surface area (Å²) in [5, 5.41) is 2.06. The Morgan fingerprint density at radius 2 is 0.870 bits per heavy atom. The van der Waals surface area contributed by atoms with Gasteiger partial charge in [-0.2, -0.15) is 0 Å². The molecule has 3 aromatic heterocycles. The molecule has 0 saturated carbocycles. The van der Waals surface area contributed by atoms with E-state index in [1.807, 2.05) is 115 Å². The van der Waals surface area contributed by atoms with Crippen LogP contribution in [0.1, 0.15) is 0 Å². The Hall–Kier alpha value is -6.40. The Balaban J connectivity index is 1.11. The van der Waals surface area contributed by atoms with Crippen molar-refractivity contribution in [3.8, 4) is 56.7 Å². The second kappa shape index (κ2) is 10.6. The van der Waals surface area contributed by atoms with E-state index in [4.69, 9.17) is 23.8 Å². The molecule has 0 bridgehead atoms. The van der Waals surface area contributed by atoms with Crippen molar-refractivity contribution >= 4 is 33.0 Å². The molecule has 6 aromatic carbocycles. The molecule has 0 saturated heterocycles. The predicted octanol–water partition coefficient (Wildman–Crippen LogP) is 10.2. The van der Waals surface area contributed by atoms with Gasteiger partial charge in [0.2, 0.25) is 5.89 Å². The summed E-state index contributed by atoms with van der Waals surface area (Å²) in [4.78, 5) is 19.3. The van der Waals surface area contributed by atoms with E-state index in [9.17, 15) is 0 Å². The highest BCUT2D eigenvalue weighted by Gasteiger charge is 2.16. The van der Waals surface area contributed by atoms with Crippen molar-refractivity contribution in [1.29, 1.82) is 0 Å². The fourth-order valence-corrected chi connectivity index (χ4v) is 5.84. The largest absolute Gasteiger partial charge is 0.456 e. The Labute approximate surface area is 263 Å². The molecule has 6 nitrogen and oxygen atoms in total. The molecule has 9 aromatic rings. The molecule has 0 atom stereocenters. The number of fused-ring (bicyclic) bond motifs is 4. The van der Waals surface area contributed by atoms with Gasteiger partial charge in [-0.1, -0.05) is 97.1 Å². The van der Waals surface area contributed by atoms with Crippen LogP contribution < -0.4 is 0 Å². The number of hydrogen-bond acceptors (Lipinski definition) is 6. The number of oxazole rings is 1. The lowest BCUT2D eigenvalue weighted by Gasteiger charge is -2.08. The van der Waals surface area contributed by atoms with E-state index < -0.39 is 0 Å². The zero-order chi connectivity index (χ0) is 30.5. The average molecular weight is 593 g/mol. The van der Waals surface area contributed by atoms with E-state index in [1.54, 1.807) is 0 Å². The lowest BCUT2D eigenvalue weighted by Crippen LogP contribution is -2.00. The number of hydrogen-bond donors (Lipinski definition) is 0. The molecule has 0 radical (unpaired) electrons. The molecule has 6 heteroatoms. The van der Waals surface area contributed by atoms with Crippen LogP contribution in [0.15, 0.2) is 154 Å². The number of rotatable bonds is 5. The summed E-state index contributed by atoms with van der Waals surface area (Å²) < 4.78 is 12.5. The van der Waals surface area contributed by atoms with Gasteiger partial charge in [-0.15, -0.1) is 0 Å². The van der Waals surface area contributed by atoms with Crippen LogP contribution in [0.25, 0.3) is 89.8 Å². The minimum absolute atomic E-state index is 0.589. The van der Waals surface area contributed by atoms with Gasteiger partial charge in [0.1, 0.15) is 16.7 Å². The summed E-state index contributed by atoms with van der Waals surface area (Å²) in [7, 11) is 0. The fraction of sp³-hybridized carbons (Fsp3) is 0. The molecule has 216 valence electrons. The van der Waals surface area contributed by atoms with Gasteiger partial charge in [-0.3, -0.25) is 0 Å². The number of nitrogens with zero attached hydrogens (tertiary/aromatic N) is 4. The third-order valence-corrected chi connectivity index (χ3v) is 8.17. The highest BCUT2D eigenvalue weighted by atomic mass is 16.3. The van der Waals surface area contributed by atoms with Crippen molar-refractivity contribution in [3.63, 3.8) is 0 Å². The molecule has 0 aliphatic rings. The highest BCUT2D eigenvalue weighted by Crippen LogP contribution is 2.36. The van der Waals surface area contributed by atoms with Gasteiger partial charge < -0.3 is 8.83 Å². The third kappa shape index (κ3) is 4.60. The summed E-state index contributed by atoms with van der Waals surface area (Å²) in [5.41, 5.74) is 8.94. The van der Waals surface area contributed by atoms with Crippen molar-refractivity contribution in [2.75, 3.05) is 0 Å². The molecular formula is C40H24N4O2. The summed E-state index contributed by atoms with van der Waals surface area (Å²) in [6.07, 6.45) is 0. The quantitative estimate of drug-likeness (QED) is 0.198. The van der Waals surface area contributed by atoms with Gasteiger partial charge in [0.25, 0.3) is 0 Å². The van der Waals surface area contributed by atoms with Crippen LogP contribution in [-0.4, -0.2) is 19.9 Å². The minimum Gasteiger partial charge on any atom is -0.456 e. The molecule has 0 amide bonds. The Morgan fingerprint density at radius 3 is 1.54 bits per heavy atom. The summed E-state index contributed by atoms with van der Waals surface area (Å²) >= 11 is 0. The average Bonchev–Trinajstić information content (AvgIpc) is 3.73. The van der Waals surface area contributed by atoms with E-state index >= 15 is 0 Å². The Bertz CT molecular complexity index is 2460. The molecule has 0 N–H and O–H groups in total. The molecule has 0 aliphatic heterocycles. The maximum Gasteiger partial charge on any atom is 0.227 e. The van der Waals surface area contributed by atoms with Gasteiger partial charge in [-0.25, -0.2) is 19.9 Å². The molecular weight excluding hydrogens is 568 g/mol. The molecule has 46 heavy (non-hydrogen) atoms. The number of aromatic nitrogens is 4. The van der Waals surface area contributed by atoms with Crippen molar-refractivity contribution in [2.45, 2.75) is 0 Å². The van der Waals surface area contributed by atoms with E-state index in [0.29, 0.717) is 23.4 Å². The van der Waals surface area contributed by atoms with E-state index in [2.05, 4.69) is 35.3 Å². The normalized spacial score (nSPS) is 11.5. The van der Waals surface area contributed by atoms with E-state index in [1.165, 1.54) is 0 Å². The lowest BCUT2D eigenvalue weighted by atomic mass is 10.0. The molecule has 0 spiro atoms. The minimum atomic E-state index is 0.589. The fourth-order valence-electron chi connectivity index (χ4n) is 5.84. The van der Waals surface area contributed by atoms with Crippen molar-refractivity contribution in [2.24, 2.45) is 0 Å². The smallest absolute Gasteiger partial charge is 0.227 e. The van der Waals surface area contributed by atoms with Gasteiger partial charge in [0, 0.05) is 33.0 Å². The maximum atomic E-state index is 6.36. The monoisotopic (exact) mass is 592 g/mol. The first-order chi connectivity index (χ1) is 22.7. The highest BCUT2D eigenvalue weighted by molar-refractivity contribution is 6.07. The van der Waals surface area contributed by atoms with Crippen molar-refractivity contribution < 1.29 is 8.83 Å². The van der Waals surface area contributed by atoms with Gasteiger partial charge in [0.05, 0.1) is 0 Å². The topological polar surface area (TPSA) is 77.8 Å². The molecule has 0 aliphatic carbocycles. The first kappa shape index (κ1) is 26.0. The third-order valence-electron chi connectivity index (χ3n) is 8.17. The molecule has 3 heterocycles. The van der Waals surface area contributed by atoms with Crippen LogP contribution in [0.5, 0.6) is 0 Å². The maximum absolute atomic E-state index is 6.36. The second-order valence-corrected chi connectivity index (χ2v) is 11.1. The van der Waals surface area contributed by atoms with Crippen molar-refractivity contribution in [1.82, 2.24) is 19.9 Å². The van der Waals surface area contributed by atoms with Gasteiger partial charge >= 0.3 is 0 Å². The van der Waals surface area contributed by atoms with E-state index in [-0.39, 0.29) is 0 Å². The summed E-state index contributed by atoms with van der Waals surface area (Å²) in [5.74, 6) is 2.45. The van der Waals surface area contributed by atoms with Crippen LogP contribution in [0.4, 0.5) is 0 Å².